The first-order chi connectivity index (χ1) is 71.3. The lowest BCUT2D eigenvalue weighted by Gasteiger charge is -2.31. The fourth-order valence-corrected chi connectivity index (χ4v) is 26.8. The van der Waals surface area contributed by atoms with Crippen molar-refractivity contribution in [3.8, 4) is 0 Å². The van der Waals surface area contributed by atoms with Gasteiger partial charge in [-0.3, -0.25) is 0 Å². The zero-order valence-electron chi connectivity index (χ0n) is 83.1. The van der Waals surface area contributed by atoms with Crippen LogP contribution in [-0.4, -0.2) is 244 Å². The van der Waals surface area contributed by atoms with Crippen molar-refractivity contribution in [1.82, 2.24) is 35.6 Å². The highest BCUT2D eigenvalue weighted by atomic mass is 32.2. The second-order valence-electron chi connectivity index (χ2n) is 36.5. The molecular weight excluding hydrogens is 2070 g/mol. The average Bonchev–Trinajstić information content (AvgIpc) is 0.823. The predicted octanol–water partition coefficient (Wildman–Crippen LogP) is 10.9. The van der Waals surface area contributed by atoms with E-state index < -0.39 is 137 Å². The van der Waals surface area contributed by atoms with Crippen LogP contribution in [-0.2, 0) is 105 Å². The Hall–Kier alpha value is -13.7. The molecule has 0 amide bonds. The number of sulfonamides is 6. The second kappa shape index (κ2) is 46.4. The Kier molecular flexibility index (Phi) is 34.2. The van der Waals surface area contributed by atoms with Gasteiger partial charge in [0.1, 0.15) is 33.5 Å². The van der Waals surface area contributed by atoms with Gasteiger partial charge in [0.2, 0.25) is 40.1 Å². The number of esters is 4. The zero-order chi connectivity index (χ0) is 108. The summed E-state index contributed by atoms with van der Waals surface area (Å²) in [5, 5.41) is 2.61. The molecule has 0 N–H and O–H groups in total. The smallest absolute Gasteiger partial charge is 0.356 e. The van der Waals surface area contributed by atoms with Crippen molar-refractivity contribution < 1.29 is 115 Å². The van der Waals surface area contributed by atoms with E-state index in [2.05, 4.69) is 23.8 Å². The molecule has 6 aliphatic heterocycles. The van der Waals surface area contributed by atoms with Crippen LogP contribution < -0.4 is 33.8 Å². The number of piperazine rings is 2. The van der Waals surface area contributed by atoms with Gasteiger partial charge >= 0.3 is 57.6 Å². The van der Waals surface area contributed by atoms with Crippen LogP contribution in [0, 0.1) is 19.8 Å². The SMILES string of the molecule is COC(=O)c1ccc2oc(=O)c(S(=O)(=O)N3CCCC(C)C3)cc2c1.COC(=O)c1ccc2oc(=O)c(S(=O)(=O)N3CCCCCC3)cc2c1.COC(=O)c1ccc2oc(=O)c(S(=O)(=O)N3CCN(C)CC3)cc2c1.COC(=O)c1ccc2oc(=O)c(S(=O)(=O)N3CCc4ccccc4C3)cc2c1.Cc1ccc2oc(=O)c(S(=O)(=O)N3CCN(C)CC3)cc2c1.Cc1ccc2oc(=O)c(S(=O)(=O)N3CCc4ccccc4C3)cc2c1. The first kappa shape index (κ1) is 110. The van der Waals surface area contributed by atoms with E-state index in [1.54, 1.807) is 18.2 Å². The van der Waals surface area contributed by atoms with E-state index in [1.807, 2.05) is 106 Å². The Bertz CT molecular complexity index is 8610. The van der Waals surface area contributed by atoms with Gasteiger partial charge in [0, 0.05) is 137 Å². The molecule has 8 aromatic carbocycles. The molecule has 0 spiro atoms. The molecule has 6 aromatic heterocycles. The van der Waals surface area contributed by atoms with Crippen molar-refractivity contribution in [3.63, 3.8) is 0 Å². The monoisotopic (exact) mass is 2170 g/mol. The number of piperidine rings is 1. The third-order valence-electron chi connectivity index (χ3n) is 26.2. The zero-order valence-corrected chi connectivity index (χ0v) is 88.0. The van der Waals surface area contributed by atoms with E-state index in [4.69, 9.17) is 26.5 Å². The summed E-state index contributed by atoms with van der Waals surface area (Å²) < 4.78 is 212. The second-order valence-corrected chi connectivity index (χ2v) is 47.9. The number of carbonyl (C=O) groups excluding carboxylic acids is 4. The van der Waals surface area contributed by atoms with Gasteiger partial charge in [-0.1, -0.05) is 91.6 Å². The molecule has 150 heavy (non-hydrogen) atoms. The molecule has 1 atom stereocenters. The van der Waals surface area contributed by atoms with Gasteiger partial charge in [-0.2, -0.15) is 25.8 Å². The molecule has 0 saturated carbocycles. The summed E-state index contributed by atoms with van der Waals surface area (Å²) in [4.78, 5) is 122. The molecular formula is C104H108N8O32S6. The molecule has 14 aromatic rings. The van der Waals surface area contributed by atoms with Crippen molar-refractivity contribution >= 4 is 150 Å². The maximum Gasteiger partial charge on any atom is 0.356 e. The number of hydrogen-bond donors (Lipinski definition) is 0. The van der Waals surface area contributed by atoms with Gasteiger partial charge in [-0.15, -0.1) is 0 Å². The molecule has 1 unspecified atom stereocenters. The standard InChI is InChI=1S/C20H17NO6S.C19H17NO4S.2C17H19NO6S.C16H18N2O6S.C15H18N2O4S/c1-26-19(22)14-6-7-17-16(10-14)11-18(20(23)27-17)28(24,25)21-9-8-13-4-2-3-5-15(13)12-21;1-13-6-7-17-16(10-13)11-18(19(21)24-17)25(22,23)20-9-8-14-4-2-3-5-15(14)12-20;1-11-4-3-7-18(10-11)25(21,22)15-9-13-8-12(16(19)23-2)5-6-14(13)24-17(15)20;1-23-16(19)12-6-7-14-13(10-12)11-15(17(20)24-14)25(21,22)18-8-4-2-3-5-9-18;1-17-5-7-18(8-6-17)25(21,22)14-10-12-9-11(15(19)23-2)3-4-13(12)24-16(14)20;1-11-3-4-13-12(9-11)10-14(15(18)21-13)22(19,20)17-7-5-16(2)6-8-17/h2-7,10-11H,8-9,12H2,1H3;2-7,10-11H,8-9,12H2,1H3;5-6,8-9,11H,3-4,7,10H2,1-2H3;6-7,10-11H,2-5,8-9H2,1H3;3-4,9-10H,5-8H2,1-2H3;3-4,9-10H,5-8H2,1-2H3. The van der Waals surface area contributed by atoms with E-state index in [-0.39, 0.29) is 79.9 Å². The van der Waals surface area contributed by atoms with Crippen LogP contribution in [0.15, 0.2) is 279 Å². The first-order valence-electron chi connectivity index (χ1n) is 47.6. The maximum absolute atomic E-state index is 13.1. The molecule has 20 rings (SSSR count). The van der Waals surface area contributed by atoms with E-state index in [0.717, 1.165) is 71.9 Å². The van der Waals surface area contributed by atoms with Crippen molar-refractivity contribution in [3.05, 3.63) is 312 Å². The van der Waals surface area contributed by atoms with E-state index in [1.165, 1.54) is 163 Å². The van der Waals surface area contributed by atoms with Gasteiger partial charge in [0.15, 0.2) is 29.4 Å². The highest BCUT2D eigenvalue weighted by Crippen LogP contribution is 2.33. The normalized spacial score (nSPS) is 16.6. The molecule has 40 nitrogen and oxygen atoms in total. The minimum atomic E-state index is -4.05. The van der Waals surface area contributed by atoms with Crippen LogP contribution in [0.2, 0.25) is 0 Å². The first-order valence-corrected chi connectivity index (χ1v) is 56.2. The Balaban J connectivity index is 0.000000135. The lowest BCUT2D eigenvalue weighted by Crippen LogP contribution is -2.47. The van der Waals surface area contributed by atoms with E-state index in [9.17, 15) is 98.5 Å². The molecule has 0 aliphatic carbocycles. The molecule has 12 heterocycles. The molecule has 0 radical (unpaired) electrons. The molecule has 46 heteroatoms. The molecule has 792 valence electrons. The summed E-state index contributed by atoms with van der Waals surface area (Å²) in [6.07, 6.45) is 6.40. The number of ether oxygens (including phenoxy) is 4. The largest absolute Gasteiger partial charge is 0.465 e. The summed E-state index contributed by atoms with van der Waals surface area (Å²) in [6, 6.07) is 51.2. The number of hydrogen-bond acceptors (Lipinski definition) is 34. The van der Waals surface area contributed by atoms with Gasteiger partial charge in [-0.05, 0) is 228 Å². The number of fused-ring (bicyclic) bond motifs is 8. The summed E-state index contributed by atoms with van der Waals surface area (Å²) >= 11 is 0. The summed E-state index contributed by atoms with van der Waals surface area (Å²) in [7, 11) is -14.8. The van der Waals surface area contributed by atoms with Crippen molar-refractivity contribution in [2.24, 2.45) is 5.92 Å². The van der Waals surface area contributed by atoms with Crippen molar-refractivity contribution in [1.29, 1.82) is 0 Å². The van der Waals surface area contributed by atoms with Crippen molar-refractivity contribution in [2.45, 2.75) is 115 Å². The van der Waals surface area contributed by atoms with Gasteiger partial charge < -0.3 is 55.3 Å². The minimum Gasteiger partial charge on any atom is -0.465 e. The van der Waals surface area contributed by atoms with Gasteiger partial charge in [0.25, 0.3) is 20.0 Å². The number of rotatable bonds is 16. The number of methoxy groups -OCH3 is 4. The number of benzene rings is 8. The number of aryl methyl sites for hydroxylation is 2. The third kappa shape index (κ3) is 24.6. The Morgan fingerprint density at radius 2 is 0.513 bits per heavy atom. The fraction of sp³-hybridized carbons (Fsp3) is 0.327. The van der Waals surface area contributed by atoms with E-state index in [0.29, 0.717) is 141 Å². The highest BCUT2D eigenvalue weighted by Gasteiger charge is 2.39. The minimum absolute atomic E-state index is 0.193. The lowest BCUT2D eigenvalue weighted by atomic mass is 10.0. The average molecular weight is 2170 g/mol. The van der Waals surface area contributed by atoms with Crippen LogP contribution in [0.25, 0.3) is 65.8 Å². The summed E-state index contributed by atoms with van der Waals surface area (Å²) in [5.41, 5.74) is 3.37. The molecule has 6 aliphatic rings. The van der Waals surface area contributed by atoms with Crippen LogP contribution in [0.1, 0.15) is 120 Å². The van der Waals surface area contributed by atoms with Gasteiger partial charge in [-0.25, -0.2) is 98.5 Å². The summed E-state index contributed by atoms with van der Waals surface area (Å²) in [5.74, 6) is -1.99. The Morgan fingerprint density at radius 1 is 0.273 bits per heavy atom. The molecule has 0 bridgehead atoms. The maximum atomic E-state index is 13.1. The van der Waals surface area contributed by atoms with Crippen LogP contribution >= 0.6 is 0 Å². The predicted molar refractivity (Wildman–Crippen MR) is 552 cm³/mol. The Morgan fingerprint density at radius 3 is 0.787 bits per heavy atom. The van der Waals surface area contributed by atoms with Gasteiger partial charge in [0.05, 0.1) is 50.7 Å². The van der Waals surface area contributed by atoms with Crippen LogP contribution in [0.4, 0.5) is 0 Å². The fourth-order valence-electron chi connectivity index (χ4n) is 17.8. The van der Waals surface area contributed by atoms with Crippen molar-refractivity contribution in [2.75, 3.05) is 134 Å². The summed E-state index contributed by atoms with van der Waals surface area (Å²) in [6.45, 7) is 12.3. The number of carbonyl (C=O) groups is 4. The van der Waals surface area contributed by atoms with E-state index >= 15 is 0 Å². The topological polar surface area (TPSA) is 517 Å². The highest BCUT2D eigenvalue weighted by molar-refractivity contribution is 7.90. The third-order valence-corrected chi connectivity index (χ3v) is 37.4. The molecule has 4 saturated heterocycles. The van der Waals surface area contributed by atoms with Crippen LogP contribution in [0.5, 0.6) is 0 Å². The number of nitrogens with zero attached hydrogens (tertiary/aromatic N) is 8. The molecule has 4 fully saturated rings. The van der Waals surface area contributed by atoms with Crippen LogP contribution in [0.3, 0.4) is 0 Å². The Labute approximate surface area is 861 Å². The quantitative estimate of drug-likeness (QED) is 0.0492. The number of likely N-dealkylation sites (N-methyl/N-ethyl adjacent to an activating group) is 2. The lowest BCUT2D eigenvalue weighted by molar-refractivity contribution is 0.0592.